The van der Waals surface area contributed by atoms with E-state index in [1.807, 2.05) is 6.07 Å². The lowest BCUT2D eigenvalue weighted by Gasteiger charge is -2.20. The zero-order valence-electron chi connectivity index (χ0n) is 20.4. The normalized spacial score (nSPS) is 12.3. The SMILES string of the molecule is Cc1nc2cc(F)c(-c3cnc(OCP(C)(C)=O)nc3)nc2c(NC(C)c2cc(C#N)ccc2F)c1Cl. The van der Waals surface area contributed by atoms with Crippen LogP contribution < -0.4 is 10.1 Å². The van der Waals surface area contributed by atoms with Gasteiger partial charge in [-0.25, -0.2) is 28.7 Å². The van der Waals surface area contributed by atoms with E-state index in [1.165, 1.54) is 36.7 Å². The summed E-state index contributed by atoms with van der Waals surface area (Å²) in [6.45, 7) is 6.54. The monoisotopic (exact) mass is 542 g/mol. The summed E-state index contributed by atoms with van der Waals surface area (Å²) in [5.41, 5.74) is 2.05. The van der Waals surface area contributed by atoms with Crippen LogP contribution >= 0.6 is 18.7 Å². The summed E-state index contributed by atoms with van der Waals surface area (Å²) in [5, 5.41) is 12.6. The van der Waals surface area contributed by atoms with E-state index in [9.17, 15) is 14.2 Å². The van der Waals surface area contributed by atoms with Gasteiger partial charge in [-0.1, -0.05) is 11.6 Å². The van der Waals surface area contributed by atoms with E-state index in [4.69, 9.17) is 16.3 Å². The van der Waals surface area contributed by atoms with Gasteiger partial charge in [0.15, 0.2) is 5.82 Å². The van der Waals surface area contributed by atoms with E-state index in [0.29, 0.717) is 16.9 Å². The van der Waals surface area contributed by atoms with Crippen molar-refractivity contribution in [3.05, 3.63) is 70.1 Å². The highest BCUT2D eigenvalue weighted by molar-refractivity contribution is 7.62. The highest BCUT2D eigenvalue weighted by Crippen LogP contribution is 2.37. The van der Waals surface area contributed by atoms with Crippen LogP contribution in [0.3, 0.4) is 0 Å². The minimum atomic E-state index is -2.43. The maximum absolute atomic E-state index is 15.1. The third-order valence-electron chi connectivity index (χ3n) is 5.38. The van der Waals surface area contributed by atoms with Crippen LogP contribution in [0.4, 0.5) is 14.5 Å². The first-order chi connectivity index (χ1) is 17.5. The molecule has 0 radical (unpaired) electrons. The van der Waals surface area contributed by atoms with Crippen molar-refractivity contribution in [2.75, 3.05) is 25.0 Å². The maximum atomic E-state index is 15.1. The fourth-order valence-corrected chi connectivity index (χ4v) is 4.18. The lowest BCUT2D eigenvalue weighted by molar-refractivity contribution is 0.348. The fraction of sp³-hybridized carbons (Fsp3) is 0.240. The molecule has 37 heavy (non-hydrogen) atoms. The number of hydrogen-bond donors (Lipinski definition) is 1. The number of nitrogens with one attached hydrogen (secondary N) is 1. The molecule has 190 valence electrons. The van der Waals surface area contributed by atoms with Crippen molar-refractivity contribution in [2.24, 2.45) is 0 Å². The topological polar surface area (TPSA) is 114 Å². The predicted molar refractivity (Wildman–Crippen MR) is 138 cm³/mol. The first-order valence-corrected chi connectivity index (χ1v) is 14.2. The van der Waals surface area contributed by atoms with Crippen LogP contribution in [0.1, 0.15) is 29.8 Å². The van der Waals surface area contributed by atoms with E-state index in [1.54, 1.807) is 27.2 Å². The zero-order valence-corrected chi connectivity index (χ0v) is 22.0. The molecule has 4 aromatic rings. The minimum absolute atomic E-state index is 0.00650. The molecule has 0 bridgehead atoms. The van der Waals surface area contributed by atoms with Crippen LogP contribution in [-0.2, 0) is 4.57 Å². The number of hydrogen-bond acceptors (Lipinski definition) is 8. The average Bonchev–Trinajstić information content (AvgIpc) is 2.85. The molecular formula is C25H22ClF2N6O2P. The molecule has 1 aromatic carbocycles. The number of nitrogens with zero attached hydrogens (tertiary/aromatic N) is 5. The highest BCUT2D eigenvalue weighted by Gasteiger charge is 2.21. The second-order valence-corrected chi connectivity index (χ2v) is 12.7. The van der Waals surface area contributed by atoms with Crippen LogP contribution in [0.5, 0.6) is 6.01 Å². The molecule has 3 heterocycles. The maximum Gasteiger partial charge on any atom is 0.316 e. The Hall–Kier alpha value is -3.67. The summed E-state index contributed by atoms with van der Waals surface area (Å²) < 4.78 is 46.8. The number of nitriles is 1. The number of benzene rings is 1. The number of halogens is 3. The summed E-state index contributed by atoms with van der Waals surface area (Å²) in [6.07, 6.45) is 2.67. The number of ether oxygens (including phenoxy) is 1. The van der Waals surface area contributed by atoms with Crippen LogP contribution in [0.25, 0.3) is 22.3 Å². The van der Waals surface area contributed by atoms with Gasteiger partial charge in [0.05, 0.1) is 39.6 Å². The molecule has 0 amide bonds. The van der Waals surface area contributed by atoms with Gasteiger partial charge in [0.2, 0.25) is 0 Å². The highest BCUT2D eigenvalue weighted by atomic mass is 35.5. The molecule has 3 aromatic heterocycles. The Bertz CT molecular complexity index is 1590. The van der Waals surface area contributed by atoms with Gasteiger partial charge in [0, 0.05) is 29.6 Å². The van der Waals surface area contributed by atoms with Crippen molar-refractivity contribution in [1.82, 2.24) is 19.9 Å². The van der Waals surface area contributed by atoms with Crippen LogP contribution in [0, 0.1) is 29.9 Å². The van der Waals surface area contributed by atoms with Gasteiger partial charge in [-0.05, 0) is 45.4 Å². The van der Waals surface area contributed by atoms with Crippen molar-refractivity contribution < 1.29 is 18.1 Å². The summed E-state index contributed by atoms with van der Waals surface area (Å²) >= 11 is 6.56. The lowest BCUT2D eigenvalue weighted by Crippen LogP contribution is -2.11. The van der Waals surface area contributed by atoms with Crippen molar-refractivity contribution >= 4 is 35.5 Å². The van der Waals surface area contributed by atoms with Crippen LogP contribution in [-0.4, -0.2) is 39.6 Å². The molecule has 0 aliphatic rings. The molecule has 0 saturated heterocycles. The molecule has 0 saturated carbocycles. The van der Waals surface area contributed by atoms with Crippen molar-refractivity contribution in [3.63, 3.8) is 0 Å². The quantitative estimate of drug-likeness (QED) is 0.269. The number of fused-ring (bicyclic) bond motifs is 1. The van der Waals surface area contributed by atoms with E-state index in [2.05, 4.69) is 25.3 Å². The summed E-state index contributed by atoms with van der Waals surface area (Å²) in [4.78, 5) is 16.9. The van der Waals surface area contributed by atoms with Crippen LogP contribution in [0.2, 0.25) is 5.02 Å². The Kier molecular flexibility index (Phi) is 7.39. The van der Waals surface area contributed by atoms with E-state index >= 15 is 4.39 Å². The van der Waals surface area contributed by atoms with E-state index in [-0.39, 0.29) is 45.2 Å². The standard InChI is InChI=1S/C25H22ClF2N6O2P/c1-13(17-7-15(9-29)5-6-18(17)27)33-24-21(26)14(2)32-20-8-19(28)22(34-23(20)24)16-10-30-25(31-11-16)36-12-37(3,4)35/h5-8,10-11,13H,12H2,1-4H3,(H,32,33). The third kappa shape index (κ3) is 5.85. The number of anilines is 1. The largest absolute Gasteiger partial charge is 0.456 e. The Morgan fingerprint density at radius 2 is 1.86 bits per heavy atom. The lowest BCUT2D eigenvalue weighted by atomic mass is 10.0. The average molecular weight is 543 g/mol. The van der Waals surface area contributed by atoms with Crippen LogP contribution in [0.15, 0.2) is 36.7 Å². The number of rotatable bonds is 7. The van der Waals surface area contributed by atoms with Crippen molar-refractivity contribution in [3.8, 4) is 23.3 Å². The molecular weight excluding hydrogens is 521 g/mol. The minimum Gasteiger partial charge on any atom is -0.456 e. The predicted octanol–water partition coefficient (Wildman–Crippen LogP) is 6.33. The van der Waals surface area contributed by atoms with Crippen molar-refractivity contribution in [2.45, 2.75) is 19.9 Å². The Balaban J connectivity index is 1.75. The van der Waals surface area contributed by atoms with E-state index < -0.39 is 24.8 Å². The number of pyridine rings is 2. The molecule has 4 rings (SSSR count). The second-order valence-electron chi connectivity index (χ2n) is 8.89. The molecule has 8 nitrogen and oxygen atoms in total. The van der Waals surface area contributed by atoms with Gasteiger partial charge in [0.25, 0.3) is 0 Å². The molecule has 1 N–H and O–H groups in total. The summed E-state index contributed by atoms with van der Waals surface area (Å²) in [6, 6.07) is 6.68. The van der Waals surface area contributed by atoms with Gasteiger partial charge >= 0.3 is 6.01 Å². The third-order valence-corrected chi connectivity index (χ3v) is 6.59. The van der Waals surface area contributed by atoms with Gasteiger partial charge < -0.3 is 14.6 Å². The molecule has 0 fully saturated rings. The van der Waals surface area contributed by atoms with Gasteiger partial charge in [-0.15, -0.1) is 0 Å². The molecule has 1 atom stereocenters. The van der Waals surface area contributed by atoms with Crippen molar-refractivity contribution in [1.29, 1.82) is 5.26 Å². The molecule has 0 aliphatic carbocycles. The summed E-state index contributed by atoms with van der Waals surface area (Å²) in [5.74, 6) is -1.15. The number of aryl methyl sites for hydroxylation is 1. The summed E-state index contributed by atoms with van der Waals surface area (Å²) in [7, 11) is -2.43. The van der Waals surface area contributed by atoms with E-state index in [0.717, 1.165) is 0 Å². The molecule has 12 heteroatoms. The molecule has 0 aliphatic heterocycles. The van der Waals surface area contributed by atoms with Gasteiger partial charge in [-0.3, -0.25) is 0 Å². The van der Waals surface area contributed by atoms with Gasteiger partial charge in [-0.2, -0.15) is 5.26 Å². The van der Waals surface area contributed by atoms with Gasteiger partial charge in [0.1, 0.15) is 30.5 Å². The Morgan fingerprint density at radius 1 is 1.16 bits per heavy atom. The fourth-order valence-electron chi connectivity index (χ4n) is 3.56. The Morgan fingerprint density at radius 3 is 2.51 bits per heavy atom. The molecule has 1 unspecified atom stereocenters. The smallest absolute Gasteiger partial charge is 0.316 e. The number of aromatic nitrogens is 4. The first kappa shape index (κ1) is 26.4. The zero-order chi connectivity index (χ0) is 26.9. The first-order valence-electron chi connectivity index (χ1n) is 11.1. The Labute approximate surface area is 217 Å². The second kappa shape index (κ2) is 10.4. The molecule has 0 spiro atoms.